The predicted molar refractivity (Wildman–Crippen MR) is 112 cm³/mol. The van der Waals surface area contributed by atoms with E-state index in [1.165, 1.54) is 0 Å². The number of hydrogen-bond acceptors (Lipinski definition) is 10. The van der Waals surface area contributed by atoms with Gasteiger partial charge in [0.05, 0.1) is 0 Å². The second-order valence-electron chi connectivity index (χ2n) is 7.42. The Morgan fingerprint density at radius 2 is 1.27 bits per heavy atom. The quantitative estimate of drug-likeness (QED) is 0.199. The number of nitrogens with one attached hydrogen (secondary N) is 1. The molecule has 0 aliphatic carbocycles. The molecule has 1 fully saturated rings. The van der Waals surface area contributed by atoms with Gasteiger partial charge in [-0.1, -0.05) is 12.8 Å². The van der Waals surface area contributed by atoms with Gasteiger partial charge in [-0.25, -0.2) is 0 Å². The molecule has 11 nitrogen and oxygen atoms in total. The van der Waals surface area contributed by atoms with Crippen LogP contribution in [-0.2, 0) is 47.7 Å². The highest BCUT2D eigenvalue weighted by atomic mass is 16.7. The fourth-order valence-corrected chi connectivity index (χ4v) is 3.26. The normalized spacial score (nSPS) is 24.0. The third kappa shape index (κ3) is 9.91. The molecule has 1 amide bonds. The number of esters is 4. The predicted octanol–water partition coefficient (Wildman–Crippen LogP) is 0.769. The van der Waals surface area contributed by atoms with Crippen molar-refractivity contribution in [1.82, 2.24) is 5.32 Å². The van der Waals surface area contributed by atoms with E-state index in [1.807, 2.05) is 0 Å². The van der Waals surface area contributed by atoms with Crippen LogP contribution in [0.15, 0.2) is 0 Å². The molecule has 1 aliphatic heterocycles. The van der Waals surface area contributed by atoms with Crippen LogP contribution in [0.1, 0.15) is 59.8 Å². The zero-order chi connectivity index (χ0) is 25.0. The van der Waals surface area contributed by atoms with Crippen LogP contribution in [-0.4, -0.2) is 67.0 Å². The van der Waals surface area contributed by atoms with Gasteiger partial charge in [0.1, 0.15) is 0 Å². The van der Waals surface area contributed by atoms with Crippen LogP contribution in [0.4, 0.5) is 0 Å². The van der Waals surface area contributed by atoms with Gasteiger partial charge in [0.15, 0.2) is 18.3 Å². The molecule has 0 aromatic carbocycles. The Morgan fingerprint density at radius 1 is 0.758 bits per heavy atom. The number of hydrogen-bond donors (Lipinski definition) is 1. The molecule has 0 spiro atoms. The van der Waals surface area contributed by atoms with Crippen LogP contribution < -0.4 is 5.32 Å². The van der Waals surface area contributed by atoms with E-state index < -0.39 is 60.5 Å². The third-order valence-corrected chi connectivity index (χ3v) is 4.49. The highest BCUT2D eigenvalue weighted by molar-refractivity contribution is 5.82. The van der Waals surface area contributed by atoms with Crippen molar-refractivity contribution in [3.63, 3.8) is 0 Å². The van der Waals surface area contributed by atoms with Gasteiger partial charge >= 0.3 is 23.9 Å². The lowest BCUT2D eigenvalue weighted by Crippen LogP contribution is -2.65. The summed E-state index contributed by atoms with van der Waals surface area (Å²) in [5.41, 5.74) is 0. The zero-order valence-electron chi connectivity index (χ0n) is 19.3. The first kappa shape index (κ1) is 27.9. The van der Waals surface area contributed by atoms with Crippen LogP contribution in [0.5, 0.6) is 0 Å². The first-order valence-electron chi connectivity index (χ1n) is 10.6. The van der Waals surface area contributed by atoms with Gasteiger partial charge in [-0.3, -0.25) is 24.0 Å². The molecule has 0 bridgehead atoms. The van der Waals surface area contributed by atoms with E-state index in [0.29, 0.717) is 19.4 Å². The minimum Gasteiger partial charge on any atom is -0.455 e. The van der Waals surface area contributed by atoms with Crippen LogP contribution in [0.3, 0.4) is 0 Å². The fourth-order valence-electron chi connectivity index (χ4n) is 3.26. The topological polar surface area (TPSA) is 144 Å². The lowest BCUT2D eigenvalue weighted by atomic mass is 9.97. The minimum absolute atomic E-state index is 0.297. The maximum Gasteiger partial charge on any atom is 0.305 e. The van der Waals surface area contributed by atoms with E-state index in [4.69, 9.17) is 30.1 Å². The standard InChI is InChI=1S/C22H31NO10/c1-6-7-8-9-10-11-12-23-21(28)19-17(29-13(2)24)18(30-14(3)25)20(31-15(4)26)22(33-19)32-16(5)27/h1,17-20,22H,7-12H2,2-5H3,(H,23,28)/t17-,18-,19?,20+,22+/m0/s1. The molecular weight excluding hydrogens is 438 g/mol. The summed E-state index contributed by atoms with van der Waals surface area (Å²) in [6, 6.07) is 0. The summed E-state index contributed by atoms with van der Waals surface area (Å²) in [5.74, 6) is -1.31. The average molecular weight is 469 g/mol. The summed E-state index contributed by atoms with van der Waals surface area (Å²) < 4.78 is 26.3. The molecule has 0 aromatic rings. The van der Waals surface area contributed by atoms with Crippen molar-refractivity contribution in [2.24, 2.45) is 0 Å². The largest absolute Gasteiger partial charge is 0.455 e. The van der Waals surface area contributed by atoms with E-state index in [0.717, 1.165) is 47.0 Å². The number of amides is 1. The summed E-state index contributed by atoms with van der Waals surface area (Å²) in [7, 11) is 0. The van der Waals surface area contributed by atoms with Crippen molar-refractivity contribution in [2.75, 3.05) is 6.54 Å². The maximum atomic E-state index is 12.9. The summed E-state index contributed by atoms with van der Waals surface area (Å²) in [5, 5.41) is 2.67. The second-order valence-corrected chi connectivity index (χ2v) is 7.42. The molecule has 0 radical (unpaired) electrons. The Morgan fingerprint density at radius 3 is 1.82 bits per heavy atom. The van der Waals surface area contributed by atoms with Gasteiger partial charge in [-0.15, -0.1) is 12.3 Å². The van der Waals surface area contributed by atoms with Crippen LogP contribution in [0.25, 0.3) is 0 Å². The van der Waals surface area contributed by atoms with Gasteiger partial charge in [0, 0.05) is 40.7 Å². The molecule has 5 atom stereocenters. The third-order valence-electron chi connectivity index (χ3n) is 4.49. The van der Waals surface area contributed by atoms with E-state index in [1.54, 1.807) is 0 Å². The number of terminal acetylenes is 1. The molecule has 0 saturated carbocycles. The molecule has 1 aliphatic rings. The summed E-state index contributed by atoms with van der Waals surface area (Å²) in [4.78, 5) is 59.5. The first-order valence-corrected chi connectivity index (χ1v) is 10.6. The summed E-state index contributed by atoms with van der Waals surface area (Å²) >= 11 is 0. The molecule has 0 aromatic heterocycles. The Hall–Kier alpha value is -3.13. The van der Waals surface area contributed by atoms with Gasteiger partial charge in [0.2, 0.25) is 12.4 Å². The van der Waals surface area contributed by atoms with Crippen molar-refractivity contribution in [2.45, 2.75) is 90.5 Å². The molecule has 184 valence electrons. The second kappa shape index (κ2) is 14.1. The van der Waals surface area contributed by atoms with Gasteiger partial charge in [0.25, 0.3) is 5.91 Å². The Labute approximate surface area is 192 Å². The van der Waals surface area contributed by atoms with Crippen LogP contribution >= 0.6 is 0 Å². The molecule has 33 heavy (non-hydrogen) atoms. The molecule has 1 rings (SSSR count). The van der Waals surface area contributed by atoms with Crippen LogP contribution in [0.2, 0.25) is 0 Å². The number of carbonyl (C=O) groups is 5. The maximum absolute atomic E-state index is 12.9. The molecule has 11 heteroatoms. The van der Waals surface area contributed by atoms with Crippen molar-refractivity contribution < 1.29 is 47.7 Å². The Kier molecular flexibility index (Phi) is 11.9. The number of ether oxygens (including phenoxy) is 5. The smallest absolute Gasteiger partial charge is 0.305 e. The monoisotopic (exact) mass is 469 g/mol. The lowest BCUT2D eigenvalue weighted by Gasteiger charge is -2.43. The number of carbonyl (C=O) groups excluding carboxylic acids is 5. The van der Waals surface area contributed by atoms with E-state index in [-0.39, 0.29) is 0 Å². The summed E-state index contributed by atoms with van der Waals surface area (Å²) in [6.07, 6.45) is 1.70. The van der Waals surface area contributed by atoms with Gasteiger partial charge < -0.3 is 29.0 Å². The first-order chi connectivity index (χ1) is 15.6. The van der Waals surface area contributed by atoms with Crippen molar-refractivity contribution in [1.29, 1.82) is 0 Å². The van der Waals surface area contributed by atoms with E-state index in [9.17, 15) is 24.0 Å². The van der Waals surface area contributed by atoms with Crippen molar-refractivity contribution >= 4 is 29.8 Å². The number of rotatable bonds is 11. The molecular formula is C22H31NO10. The Balaban J connectivity index is 3.08. The van der Waals surface area contributed by atoms with Crippen molar-refractivity contribution in [3.05, 3.63) is 0 Å². The summed E-state index contributed by atoms with van der Waals surface area (Å²) in [6.45, 7) is 4.64. The molecule has 1 unspecified atom stereocenters. The van der Waals surface area contributed by atoms with E-state index in [2.05, 4.69) is 11.2 Å². The SMILES string of the molecule is C#CCCCCCCNC(=O)C1O[C@@H](OC(C)=O)[C@H](OC(C)=O)[C@@H](OC(C)=O)[C@@H]1OC(C)=O. The zero-order valence-corrected chi connectivity index (χ0v) is 19.3. The van der Waals surface area contributed by atoms with Crippen LogP contribution in [0, 0.1) is 12.3 Å². The fraction of sp³-hybridized carbons (Fsp3) is 0.682. The van der Waals surface area contributed by atoms with E-state index >= 15 is 0 Å². The highest BCUT2D eigenvalue weighted by Crippen LogP contribution is 2.30. The van der Waals surface area contributed by atoms with Gasteiger partial charge in [-0.2, -0.15) is 0 Å². The van der Waals surface area contributed by atoms with Gasteiger partial charge in [-0.05, 0) is 12.8 Å². The average Bonchev–Trinajstić information content (AvgIpc) is 2.69. The lowest BCUT2D eigenvalue weighted by molar-refractivity contribution is -0.290. The molecule has 1 N–H and O–H groups in total. The minimum atomic E-state index is -1.58. The number of unbranched alkanes of at least 4 members (excludes halogenated alkanes) is 4. The Bertz CT molecular complexity index is 759. The van der Waals surface area contributed by atoms with Crippen molar-refractivity contribution in [3.8, 4) is 12.3 Å². The molecule has 1 heterocycles. The highest BCUT2D eigenvalue weighted by Gasteiger charge is 2.55. The molecule has 1 saturated heterocycles.